The minimum atomic E-state index is -0.208. The Labute approximate surface area is 202 Å². The van der Waals surface area contributed by atoms with Gasteiger partial charge >= 0.3 is 0 Å². The molecule has 1 saturated heterocycles. The van der Waals surface area contributed by atoms with Crippen molar-refractivity contribution in [1.82, 2.24) is 14.9 Å². The second kappa shape index (κ2) is 8.77. The van der Waals surface area contributed by atoms with Crippen molar-refractivity contribution in [3.8, 4) is 17.2 Å². The molecule has 0 radical (unpaired) electrons. The molecule has 5 rings (SSSR count). The number of halogens is 1. The van der Waals surface area contributed by atoms with E-state index in [9.17, 15) is 5.11 Å². The van der Waals surface area contributed by atoms with Crippen molar-refractivity contribution in [2.45, 2.75) is 12.1 Å². The molecule has 0 bridgehead atoms. The number of nitrogens with one attached hydrogen (secondary N) is 1. The van der Waals surface area contributed by atoms with Crippen molar-refractivity contribution >= 4 is 34.6 Å². The van der Waals surface area contributed by atoms with Gasteiger partial charge < -0.3 is 24.6 Å². The molecule has 1 fully saturated rings. The Balaban J connectivity index is 1.66. The van der Waals surface area contributed by atoms with Crippen LogP contribution in [0.3, 0.4) is 0 Å². The molecule has 8 heteroatoms. The van der Waals surface area contributed by atoms with Crippen molar-refractivity contribution in [2.24, 2.45) is 0 Å². The lowest BCUT2D eigenvalue weighted by Gasteiger charge is -2.29. The van der Waals surface area contributed by atoms with E-state index in [0.717, 1.165) is 22.8 Å². The molecule has 0 saturated carbocycles. The largest absolute Gasteiger partial charge is 0.508 e. The van der Waals surface area contributed by atoms with Gasteiger partial charge in [0, 0.05) is 29.5 Å². The first-order valence-corrected chi connectivity index (χ1v) is 11.2. The SMILES string of the molecule is COc1ccc(N2C(=S)N[C@H](c3ccccn3)[C@H]2c2cccn2-c2ccc(O)cc2)cc1Cl. The molecule has 0 unspecified atom stereocenters. The van der Waals surface area contributed by atoms with E-state index < -0.39 is 0 Å². The number of hydrogen-bond acceptors (Lipinski definition) is 4. The standard InChI is InChI=1S/C25H21ClN4O2S/c1-32-22-12-9-17(15-19(22)26)30-24(23(28-25(30)33)20-5-2-3-13-27-20)21-6-4-14-29(21)16-7-10-18(31)11-8-16/h2-15,23-24,31H,1H3,(H,28,33)/t23-,24-/m1/s1. The summed E-state index contributed by atoms with van der Waals surface area (Å²) < 4.78 is 7.42. The number of methoxy groups -OCH3 is 1. The van der Waals surface area contributed by atoms with Crippen LogP contribution in [0.2, 0.25) is 5.02 Å². The number of thiocarbonyl (C=S) groups is 1. The number of phenolic OH excluding ortho intramolecular Hbond substituents is 1. The van der Waals surface area contributed by atoms with Gasteiger partial charge in [-0.15, -0.1) is 0 Å². The highest BCUT2D eigenvalue weighted by Gasteiger charge is 2.42. The molecule has 2 atom stereocenters. The molecule has 3 heterocycles. The topological polar surface area (TPSA) is 62.5 Å². The van der Waals surface area contributed by atoms with Crippen LogP contribution in [0.15, 0.2) is 85.2 Å². The highest BCUT2D eigenvalue weighted by molar-refractivity contribution is 7.80. The first-order chi connectivity index (χ1) is 16.1. The molecule has 166 valence electrons. The fourth-order valence-corrected chi connectivity index (χ4v) is 4.82. The minimum Gasteiger partial charge on any atom is -0.508 e. The van der Waals surface area contributed by atoms with Crippen molar-refractivity contribution in [3.05, 3.63) is 102 Å². The molecule has 0 spiro atoms. The van der Waals surface area contributed by atoms with E-state index in [1.807, 2.05) is 60.8 Å². The number of nitrogens with zero attached hydrogens (tertiary/aromatic N) is 3. The van der Waals surface area contributed by atoms with Crippen molar-refractivity contribution < 1.29 is 9.84 Å². The Morgan fingerprint density at radius 1 is 1.03 bits per heavy atom. The molecule has 1 aliphatic heterocycles. The van der Waals surface area contributed by atoms with Gasteiger partial charge in [-0.3, -0.25) is 4.98 Å². The summed E-state index contributed by atoms with van der Waals surface area (Å²) in [5.74, 6) is 0.820. The van der Waals surface area contributed by atoms with Gasteiger partial charge in [0.1, 0.15) is 17.5 Å². The summed E-state index contributed by atoms with van der Waals surface area (Å²) in [6.07, 6.45) is 3.78. The zero-order valence-corrected chi connectivity index (χ0v) is 19.3. The number of benzene rings is 2. The maximum absolute atomic E-state index is 9.74. The average molecular weight is 477 g/mol. The number of ether oxygens (including phenoxy) is 1. The molecule has 6 nitrogen and oxygen atoms in total. The lowest BCUT2D eigenvalue weighted by molar-refractivity contribution is 0.415. The third-order valence-corrected chi connectivity index (χ3v) is 6.33. The number of anilines is 1. The first-order valence-electron chi connectivity index (χ1n) is 10.4. The summed E-state index contributed by atoms with van der Waals surface area (Å²) in [5.41, 5.74) is 3.67. The van der Waals surface area contributed by atoms with Gasteiger partial charge in [0.25, 0.3) is 0 Å². The van der Waals surface area contributed by atoms with Crippen LogP contribution >= 0.6 is 23.8 Å². The maximum atomic E-state index is 9.74. The summed E-state index contributed by atoms with van der Waals surface area (Å²) >= 11 is 12.3. The maximum Gasteiger partial charge on any atom is 0.174 e. The van der Waals surface area contributed by atoms with Crippen LogP contribution in [-0.2, 0) is 0 Å². The van der Waals surface area contributed by atoms with Crippen LogP contribution < -0.4 is 15.0 Å². The van der Waals surface area contributed by atoms with Crippen molar-refractivity contribution in [1.29, 1.82) is 0 Å². The lowest BCUT2D eigenvalue weighted by Crippen LogP contribution is -2.30. The van der Waals surface area contributed by atoms with Crippen LogP contribution in [-0.4, -0.2) is 26.9 Å². The molecule has 0 aliphatic carbocycles. The minimum absolute atomic E-state index is 0.189. The van der Waals surface area contributed by atoms with Crippen molar-refractivity contribution in [3.63, 3.8) is 0 Å². The predicted molar refractivity (Wildman–Crippen MR) is 133 cm³/mol. The zero-order valence-electron chi connectivity index (χ0n) is 17.7. The number of phenols is 1. The lowest BCUT2D eigenvalue weighted by atomic mass is 10.0. The first kappa shape index (κ1) is 21.3. The Hall–Kier alpha value is -3.55. The molecule has 1 aliphatic rings. The van der Waals surface area contributed by atoms with Crippen LogP contribution in [0.4, 0.5) is 5.69 Å². The number of aromatic nitrogens is 2. The Kier molecular flexibility index (Phi) is 5.66. The van der Waals surface area contributed by atoms with Crippen molar-refractivity contribution in [2.75, 3.05) is 12.0 Å². The highest BCUT2D eigenvalue weighted by Crippen LogP contribution is 2.43. The van der Waals surface area contributed by atoms with Crippen LogP contribution in [0, 0.1) is 0 Å². The molecule has 2 N–H and O–H groups in total. The van der Waals surface area contributed by atoms with Gasteiger partial charge in [-0.05, 0) is 78.9 Å². The second-order valence-corrected chi connectivity index (χ2v) is 8.43. The summed E-state index contributed by atoms with van der Waals surface area (Å²) in [6.45, 7) is 0. The zero-order chi connectivity index (χ0) is 22.9. The summed E-state index contributed by atoms with van der Waals surface area (Å²) in [4.78, 5) is 6.67. The van der Waals surface area contributed by atoms with E-state index in [1.165, 1.54) is 0 Å². The number of hydrogen-bond donors (Lipinski definition) is 2. The molecule has 2 aromatic heterocycles. The van der Waals surface area contributed by atoms with Gasteiger partial charge in [0.2, 0.25) is 0 Å². The fourth-order valence-electron chi connectivity index (χ4n) is 4.22. The van der Waals surface area contributed by atoms with E-state index in [1.54, 1.807) is 25.4 Å². The number of rotatable bonds is 5. The van der Waals surface area contributed by atoms with Gasteiger partial charge in [0.15, 0.2) is 5.11 Å². The van der Waals surface area contributed by atoms with Gasteiger partial charge in [-0.2, -0.15) is 0 Å². The van der Waals surface area contributed by atoms with Crippen LogP contribution in [0.25, 0.3) is 5.69 Å². The summed E-state index contributed by atoms with van der Waals surface area (Å²) in [7, 11) is 1.59. The Morgan fingerprint density at radius 3 is 2.52 bits per heavy atom. The molecule has 33 heavy (non-hydrogen) atoms. The highest BCUT2D eigenvalue weighted by atomic mass is 35.5. The second-order valence-electron chi connectivity index (χ2n) is 7.63. The van der Waals surface area contributed by atoms with E-state index >= 15 is 0 Å². The van der Waals surface area contributed by atoms with Gasteiger partial charge in [0.05, 0.1) is 23.9 Å². The molecule has 2 aromatic carbocycles. The van der Waals surface area contributed by atoms with Gasteiger partial charge in [-0.25, -0.2) is 0 Å². The summed E-state index contributed by atoms with van der Waals surface area (Å²) in [6, 6.07) is 22.3. The van der Waals surface area contributed by atoms with E-state index in [-0.39, 0.29) is 17.8 Å². The van der Waals surface area contributed by atoms with Gasteiger partial charge in [-0.1, -0.05) is 17.7 Å². The molecular formula is C25H21ClN4O2S. The van der Waals surface area contributed by atoms with E-state index in [0.29, 0.717) is 15.9 Å². The Bertz CT molecular complexity index is 1290. The average Bonchev–Trinajstić information content (AvgIpc) is 3.44. The quantitative estimate of drug-likeness (QED) is 0.375. The smallest absolute Gasteiger partial charge is 0.174 e. The monoisotopic (exact) mass is 476 g/mol. The molecular weight excluding hydrogens is 456 g/mol. The van der Waals surface area contributed by atoms with Crippen LogP contribution in [0.5, 0.6) is 11.5 Å². The Morgan fingerprint density at radius 2 is 1.82 bits per heavy atom. The third kappa shape index (κ3) is 3.90. The van der Waals surface area contributed by atoms with E-state index in [4.69, 9.17) is 28.6 Å². The molecule has 0 amide bonds. The summed E-state index contributed by atoms with van der Waals surface area (Å²) in [5, 5.41) is 14.3. The normalized spacial score (nSPS) is 17.8. The number of pyridine rings is 1. The predicted octanol–water partition coefficient (Wildman–Crippen LogP) is 5.42. The van der Waals surface area contributed by atoms with E-state index in [2.05, 4.69) is 25.8 Å². The third-order valence-electron chi connectivity index (χ3n) is 5.72. The fraction of sp³-hybridized carbons (Fsp3) is 0.120. The number of aromatic hydroxyl groups is 1. The molecule has 4 aromatic rings. The van der Waals surface area contributed by atoms with Crippen LogP contribution in [0.1, 0.15) is 23.5 Å².